The molecule has 3 aliphatic rings. The van der Waals surface area contributed by atoms with E-state index in [1.165, 1.54) is 9.80 Å². The maximum absolute atomic E-state index is 14.2. The predicted octanol–water partition coefficient (Wildman–Crippen LogP) is 1.77. The summed E-state index contributed by atoms with van der Waals surface area (Å²) in [6.45, 7) is 8.60. The molecule has 0 spiro atoms. The topological polar surface area (TPSA) is 210 Å². The second kappa shape index (κ2) is 18.1. The van der Waals surface area contributed by atoms with Crippen molar-refractivity contribution in [2.75, 3.05) is 33.8 Å². The molecule has 1 saturated carbocycles. The molecule has 6 amide bonds. The van der Waals surface area contributed by atoms with Crippen molar-refractivity contribution in [2.24, 2.45) is 17.3 Å². The van der Waals surface area contributed by atoms with Crippen LogP contribution in [0.1, 0.15) is 91.2 Å². The Morgan fingerprint density at radius 2 is 1.65 bits per heavy atom. The molecule has 16 nitrogen and oxygen atoms in total. The van der Waals surface area contributed by atoms with Crippen LogP contribution < -0.4 is 21.3 Å². The van der Waals surface area contributed by atoms with Crippen molar-refractivity contribution in [1.29, 1.82) is 0 Å². The van der Waals surface area contributed by atoms with Crippen molar-refractivity contribution in [1.82, 2.24) is 31.1 Å². The van der Waals surface area contributed by atoms with Crippen LogP contribution >= 0.6 is 0 Å². The molecule has 2 saturated heterocycles. The van der Waals surface area contributed by atoms with Crippen molar-refractivity contribution < 1.29 is 47.8 Å². The number of Topliss-reactive ketones (excluding diaryl/α,β-unsaturated/α-hetero) is 1. The van der Waals surface area contributed by atoms with Gasteiger partial charge in [0.1, 0.15) is 23.7 Å². The van der Waals surface area contributed by atoms with E-state index in [0.29, 0.717) is 31.2 Å². The van der Waals surface area contributed by atoms with Crippen LogP contribution in [0.15, 0.2) is 30.3 Å². The second-order valence-corrected chi connectivity index (χ2v) is 16.3. The number of ether oxygens (including phenoxy) is 2. The molecule has 0 radical (unpaired) electrons. The lowest BCUT2D eigenvalue weighted by molar-refractivity contribution is -0.149. The van der Waals surface area contributed by atoms with Crippen molar-refractivity contribution >= 4 is 47.4 Å². The lowest BCUT2D eigenvalue weighted by atomic mass is 9.98. The summed E-state index contributed by atoms with van der Waals surface area (Å²) in [6.07, 6.45) is 1.82. The van der Waals surface area contributed by atoms with Gasteiger partial charge < -0.3 is 40.5 Å². The van der Waals surface area contributed by atoms with E-state index in [-0.39, 0.29) is 36.8 Å². The third-order valence-corrected chi connectivity index (χ3v) is 10.4. The Morgan fingerprint density at radius 1 is 1.00 bits per heavy atom. The minimum absolute atomic E-state index is 0.0676. The number of nitrogens with one attached hydrogen (secondary N) is 4. The van der Waals surface area contributed by atoms with Crippen LogP contribution in [-0.2, 0) is 43.0 Å². The zero-order valence-electron chi connectivity index (χ0n) is 32.9. The highest BCUT2D eigenvalue weighted by molar-refractivity contribution is 6.38. The van der Waals surface area contributed by atoms with Gasteiger partial charge in [0.15, 0.2) is 0 Å². The van der Waals surface area contributed by atoms with Gasteiger partial charge in [-0.2, -0.15) is 0 Å². The normalized spacial score (nSPS) is 25.0. The van der Waals surface area contributed by atoms with E-state index in [2.05, 4.69) is 21.3 Å². The van der Waals surface area contributed by atoms with E-state index in [1.54, 1.807) is 65.2 Å². The number of benzene rings is 1. The molecule has 6 atom stereocenters. The number of alkyl carbamates (subject to hydrolysis) is 1. The Hall–Kier alpha value is -5.02. The first-order valence-corrected chi connectivity index (χ1v) is 18.9. The number of nitrogens with zero attached hydrogens (tertiary/aromatic N) is 2. The molecule has 0 bridgehead atoms. The summed E-state index contributed by atoms with van der Waals surface area (Å²) in [5.41, 5.74) is -0.673. The fraction of sp³-hybridized carbons (Fsp3) is 0.641. The van der Waals surface area contributed by atoms with Gasteiger partial charge in [-0.15, -0.1) is 0 Å². The van der Waals surface area contributed by atoms with Crippen LogP contribution in [-0.4, -0.2) is 115 Å². The summed E-state index contributed by atoms with van der Waals surface area (Å²) < 4.78 is 10.7. The highest BCUT2D eigenvalue weighted by Crippen LogP contribution is 2.65. The van der Waals surface area contributed by atoms with E-state index < -0.39 is 90.1 Å². The molecule has 16 heteroatoms. The number of piperidine rings is 1. The number of ketones is 1. The number of amides is 6. The number of cyclic esters (lactones) is 1. The summed E-state index contributed by atoms with van der Waals surface area (Å²) in [6, 6.07) is 3.85. The summed E-state index contributed by atoms with van der Waals surface area (Å²) in [4.78, 5) is 109. The van der Waals surface area contributed by atoms with Gasteiger partial charge in [0.25, 0.3) is 5.91 Å². The molecule has 4 rings (SSSR count). The fourth-order valence-corrected chi connectivity index (χ4v) is 7.39. The number of rotatable bonds is 8. The van der Waals surface area contributed by atoms with Gasteiger partial charge in [0.05, 0.1) is 25.6 Å². The number of hydrogen-bond acceptors (Lipinski definition) is 10. The zero-order chi connectivity index (χ0) is 40.7. The highest BCUT2D eigenvalue weighted by atomic mass is 16.6. The predicted molar refractivity (Wildman–Crippen MR) is 199 cm³/mol. The van der Waals surface area contributed by atoms with Crippen molar-refractivity contribution in [3.8, 4) is 0 Å². The van der Waals surface area contributed by atoms with Gasteiger partial charge in [-0.1, -0.05) is 69.9 Å². The van der Waals surface area contributed by atoms with Gasteiger partial charge in [-0.25, -0.2) is 4.79 Å². The number of carbonyl (C=O) groups is 8. The first kappa shape index (κ1) is 42.7. The maximum atomic E-state index is 14.2. The average molecular weight is 769 g/mol. The number of esters is 1. The molecule has 1 aliphatic carbocycles. The van der Waals surface area contributed by atoms with Crippen molar-refractivity contribution in [3.05, 3.63) is 35.9 Å². The summed E-state index contributed by atoms with van der Waals surface area (Å²) in [7, 11) is 3.10. The van der Waals surface area contributed by atoms with E-state index in [0.717, 1.165) is 6.42 Å². The van der Waals surface area contributed by atoms with Crippen LogP contribution in [0.2, 0.25) is 0 Å². The lowest BCUT2D eigenvalue weighted by Gasteiger charge is -2.33. The largest absolute Gasteiger partial charge is 0.466 e. The van der Waals surface area contributed by atoms with Gasteiger partial charge in [0.2, 0.25) is 29.4 Å². The van der Waals surface area contributed by atoms with E-state index in [9.17, 15) is 38.4 Å². The molecule has 55 heavy (non-hydrogen) atoms. The van der Waals surface area contributed by atoms with E-state index >= 15 is 0 Å². The van der Waals surface area contributed by atoms with Crippen LogP contribution in [0.3, 0.4) is 0 Å². The minimum atomic E-state index is -1.39. The SMILES string of the molecule is CN(C)C(=O)[C@@H](NC(=O)CNC(=O)C(=O)[C@@H]1CCCCCCCOC(=O)C[C@H](NC(=O)OC(C)(C)C)C(=O)N2CC3C([C@H]2C(=O)N1)C3(C)C)c1ccccc1. The Balaban J connectivity index is 1.52. The van der Waals surface area contributed by atoms with Gasteiger partial charge in [0, 0.05) is 20.6 Å². The zero-order valence-corrected chi connectivity index (χ0v) is 32.9. The van der Waals surface area contributed by atoms with Crippen molar-refractivity contribution in [2.45, 2.75) is 109 Å². The lowest BCUT2D eigenvalue weighted by Crippen LogP contribution is -2.58. The number of carbonyl (C=O) groups excluding carboxylic acids is 8. The molecule has 1 aromatic rings. The number of fused-ring (bicyclic) bond motifs is 3. The van der Waals surface area contributed by atoms with Gasteiger partial charge in [-0.05, 0) is 56.4 Å². The number of likely N-dealkylation sites (N-methyl/N-ethyl adjacent to an activating group) is 1. The molecule has 2 unspecified atom stereocenters. The quantitative estimate of drug-likeness (QED) is 0.223. The van der Waals surface area contributed by atoms with E-state index in [4.69, 9.17) is 9.47 Å². The Kier molecular flexibility index (Phi) is 14.0. The maximum Gasteiger partial charge on any atom is 0.408 e. The number of hydrogen-bond donors (Lipinski definition) is 4. The molecule has 3 fully saturated rings. The smallest absolute Gasteiger partial charge is 0.408 e. The van der Waals surface area contributed by atoms with Gasteiger partial charge >= 0.3 is 12.1 Å². The minimum Gasteiger partial charge on any atom is -0.466 e. The van der Waals surface area contributed by atoms with Crippen LogP contribution in [0.5, 0.6) is 0 Å². The van der Waals surface area contributed by atoms with Crippen LogP contribution in [0, 0.1) is 17.3 Å². The summed E-state index contributed by atoms with van der Waals surface area (Å²) >= 11 is 0. The molecule has 4 N–H and O–H groups in total. The highest BCUT2D eigenvalue weighted by Gasteiger charge is 2.69. The summed E-state index contributed by atoms with van der Waals surface area (Å²) in [5, 5.41) is 10.2. The first-order chi connectivity index (χ1) is 25.8. The second-order valence-electron chi connectivity index (χ2n) is 16.3. The van der Waals surface area contributed by atoms with Crippen LogP contribution in [0.4, 0.5) is 4.79 Å². The summed E-state index contributed by atoms with van der Waals surface area (Å²) in [5.74, 6) is -5.52. The molecule has 2 aliphatic heterocycles. The molecular formula is C39H56N6O10. The molecule has 2 heterocycles. The standard InChI is InChI=1S/C39H56N6O10/c1-38(2,3)55-37(53)42-26-20-28(47)54-19-15-10-8-9-14-18-25(41-33(49)31-29-24(39(29,4)5)22-45(31)35(26)51)32(48)34(50)40-21-27(46)43-30(36(52)44(6)7)23-16-12-11-13-17-23/h11-13,16-17,24-26,29-31H,8-10,14-15,18-22H2,1-7H3,(H,40,50)(H,41,49)(H,42,53)(H,43,46)/t24?,25-,26-,29?,30-,31-/m0/s1. The van der Waals surface area contributed by atoms with E-state index in [1.807, 2.05) is 13.8 Å². The Labute approximate surface area is 322 Å². The monoisotopic (exact) mass is 768 g/mol. The molecular weight excluding hydrogens is 712 g/mol. The Bertz CT molecular complexity index is 1620. The Morgan fingerprint density at radius 3 is 2.31 bits per heavy atom. The molecule has 302 valence electrons. The third kappa shape index (κ3) is 11.3. The van der Waals surface area contributed by atoms with Crippen molar-refractivity contribution in [3.63, 3.8) is 0 Å². The third-order valence-electron chi connectivity index (χ3n) is 10.4. The van der Waals surface area contributed by atoms with Crippen LogP contribution in [0.25, 0.3) is 0 Å². The molecule has 0 aromatic heterocycles. The first-order valence-electron chi connectivity index (χ1n) is 18.9. The fourth-order valence-electron chi connectivity index (χ4n) is 7.39. The molecule has 1 aromatic carbocycles. The average Bonchev–Trinajstić information content (AvgIpc) is 3.41. The van der Waals surface area contributed by atoms with Gasteiger partial charge in [-0.3, -0.25) is 33.6 Å².